The Kier molecular flexibility index (Phi) is 4.15. The van der Waals surface area contributed by atoms with Gasteiger partial charge in [-0.1, -0.05) is 11.6 Å². The molecular formula is C10H12ClN3O5. The lowest BCUT2D eigenvalue weighted by Gasteiger charge is -2.19. The van der Waals surface area contributed by atoms with E-state index < -0.39 is 39.9 Å². The number of carboxylic acids is 1. The van der Waals surface area contributed by atoms with Crippen molar-refractivity contribution in [1.82, 2.24) is 9.97 Å². The molecule has 0 unspecified atom stereocenters. The first-order chi connectivity index (χ1) is 8.60. The highest BCUT2D eigenvalue weighted by molar-refractivity contribution is 6.29. The number of nitrogens with zero attached hydrogens (tertiary/aromatic N) is 1. The molecule has 0 saturated carbocycles. The van der Waals surface area contributed by atoms with Gasteiger partial charge in [0, 0.05) is 0 Å². The maximum absolute atomic E-state index is 11.5. The first kappa shape index (κ1) is 15.0. The molecule has 0 bridgehead atoms. The van der Waals surface area contributed by atoms with Gasteiger partial charge in [0.2, 0.25) is 0 Å². The molecule has 0 atom stereocenters. The summed E-state index contributed by atoms with van der Waals surface area (Å²) in [6.07, 6.45) is -0.922. The quantitative estimate of drug-likeness (QED) is 0.758. The van der Waals surface area contributed by atoms with E-state index in [9.17, 15) is 14.4 Å². The van der Waals surface area contributed by atoms with E-state index in [4.69, 9.17) is 21.4 Å². The molecule has 0 fully saturated rings. The molecule has 0 spiro atoms. The minimum absolute atomic E-state index is 0.392. The number of hydrogen-bond donors (Lipinski definition) is 3. The Hall–Kier alpha value is -2.09. The average molecular weight is 290 g/mol. The van der Waals surface area contributed by atoms with Gasteiger partial charge >= 0.3 is 12.1 Å². The van der Waals surface area contributed by atoms with E-state index in [0.717, 1.165) is 0 Å². The van der Waals surface area contributed by atoms with Crippen LogP contribution in [0.25, 0.3) is 0 Å². The van der Waals surface area contributed by atoms with Crippen molar-refractivity contribution in [2.45, 2.75) is 26.4 Å². The minimum atomic E-state index is -1.45. The summed E-state index contributed by atoms with van der Waals surface area (Å²) in [5, 5.41) is 10.5. The van der Waals surface area contributed by atoms with Crippen LogP contribution in [0.5, 0.6) is 0 Å². The van der Waals surface area contributed by atoms with Crippen LogP contribution in [0, 0.1) is 0 Å². The predicted molar refractivity (Wildman–Crippen MR) is 66.7 cm³/mol. The zero-order valence-electron chi connectivity index (χ0n) is 10.4. The third-order valence-electron chi connectivity index (χ3n) is 1.70. The number of carboxylic acid groups (broad SMARTS) is 1. The highest BCUT2D eigenvalue weighted by atomic mass is 35.5. The van der Waals surface area contributed by atoms with Crippen molar-refractivity contribution >= 4 is 29.5 Å². The summed E-state index contributed by atoms with van der Waals surface area (Å²) < 4.78 is 4.92. The Bertz CT molecular complexity index is 576. The van der Waals surface area contributed by atoms with Gasteiger partial charge in [-0.3, -0.25) is 10.1 Å². The van der Waals surface area contributed by atoms with E-state index >= 15 is 0 Å². The van der Waals surface area contributed by atoms with Gasteiger partial charge in [0.25, 0.3) is 5.56 Å². The van der Waals surface area contributed by atoms with E-state index in [0.29, 0.717) is 0 Å². The van der Waals surface area contributed by atoms with Crippen LogP contribution in [0.1, 0.15) is 31.3 Å². The van der Waals surface area contributed by atoms with Crippen molar-refractivity contribution in [1.29, 1.82) is 0 Å². The predicted octanol–water partition coefficient (Wildman–Crippen LogP) is 1.47. The Balaban J connectivity index is 3.07. The van der Waals surface area contributed by atoms with Crippen LogP contribution in [0.15, 0.2) is 4.79 Å². The molecule has 0 aliphatic heterocycles. The molecule has 9 heteroatoms. The first-order valence-electron chi connectivity index (χ1n) is 5.13. The van der Waals surface area contributed by atoms with Gasteiger partial charge in [-0.15, -0.1) is 0 Å². The second kappa shape index (κ2) is 5.27. The molecule has 1 aromatic rings. The first-order valence-corrected chi connectivity index (χ1v) is 5.51. The normalized spacial score (nSPS) is 10.9. The third-order valence-corrected chi connectivity index (χ3v) is 1.96. The average Bonchev–Trinajstić information content (AvgIpc) is 2.19. The number of H-pyrrole nitrogens is 1. The standard InChI is InChI=1S/C10H12ClN3O5/c1-10(2,3)19-9(18)14-6-4(8(16)17)12-5(11)7(15)13-6/h1-3H3,(H,16,17)(H2,13,14,15,18). The Morgan fingerprint density at radius 1 is 1.42 bits per heavy atom. The summed E-state index contributed by atoms with van der Waals surface area (Å²) in [7, 11) is 0. The van der Waals surface area contributed by atoms with E-state index in [1.165, 1.54) is 0 Å². The number of aromatic nitrogens is 2. The number of ether oxygens (including phenoxy) is 1. The molecule has 104 valence electrons. The van der Waals surface area contributed by atoms with Crippen molar-refractivity contribution in [3.05, 3.63) is 21.2 Å². The monoisotopic (exact) mass is 289 g/mol. The number of carbonyl (C=O) groups is 2. The summed E-state index contributed by atoms with van der Waals surface area (Å²) in [6.45, 7) is 4.90. The van der Waals surface area contributed by atoms with Crippen molar-refractivity contribution in [3.63, 3.8) is 0 Å². The molecule has 1 amide bonds. The van der Waals surface area contributed by atoms with Crippen LogP contribution in [0.4, 0.5) is 10.6 Å². The van der Waals surface area contributed by atoms with Crippen LogP contribution >= 0.6 is 11.6 Å². The summed E-state index contributed by atoms with van der Waals surface area (Å²) in [5.41, 5.74) is -2.18. The van der Waals surface area contributed by atoms with E-state index in [-0.39, 0.29) is 0 Å². The Morgan fingerprint density at radius 2 is 2.00 bits per heavy atom. The Labute approximate surface area is 112 Å². The summed E-state index contributed by atoms with van der Waals surface area (Å²) in [5.74, 6) is -1.85. The number of hydrogen-bond acceptors (Lipinski definition) is 5. The number of carbonyl (C=O) groups excluding carboxylic acids is 1. The van der Waals surface area contributed by atoms with E-state index in [1.807, 2.05) is 0 Å². The second-order valence-corrected chi connectivity index (χ2v) is 4.87. The number of amides is 1. The van der Waals surface area contributed by atoms with Gasteiger partial charge in [-0.2, -0.15) is 0 Å². The molecule has 1 rings (SSSR count). The molecule has 0 aromatic carbocycles. The molecule has 0 aliphatic rings. The summed E-state index contributed by atoms with van der Waals surface area (Å²) >= 11 is 5.41. The maximum Gasteiger partial charge on any atom is 0.413 e. The molecule has 1 heterocycles. The van der Waals surface area contributed by atoms with E-state index in [2.05, 4.69) is 15.3 Å². The molecule has 3 N–H and O–H groups in total. The third kappa shape index (κ3) is 4.25. The fourth-order valence-electron chi connectivity index (χ4n) is 1.08. The van der Waals surface area contributed by atoms with Crippen molar-refractivity contribution in [2.75, 3.05) is 5.32 Å². The SMILES string of the molecule is CC(C)(C)OC(=O)Nc1[nH]c(=O)c(Cl)nc1C(=O)O. The zero-order valence-corrected chi connectivity index (χ0v) is 11.2. The highest BCUT2D eigenvalue weighted by Gasteiger charge is 2.21. The van der Waals surface area contributed by atoms with Crippen LogP contribution in [-0.2, 0) is 4.74 Å². The van der Waals surface area contributed by atoms with Crippen molar-refractivity contribution < 1.29 is 19.4 Å². The lowest BCUT2D eigenvalue weighted by atomic mass is 10.2. The second-order valence-electron chi connectivity index (χ2n) is 4.51. The van der Waals surface area contributed by atoms with Gasteiger partial charge in [-0.25, -0.2) is 14.6 Å². The van der Waals surface area contributed by atoms with E-state index in [1.54, 1.807) is 20.8 Å². The van der Waals surface area contributed by atoms with Crippen LogP contribution in [0.3, 0.4) is 0 Å². The number of aromatic amines is 1. The Morgan fingerprint density at radius 3 is 2.47 bits per heavy atom. The fraction of sp³-hybridized carbons (Fsp3) is 0.400. The number of aromatic carboxylic acids is 1. The molecule has 19 heavy (non-hydrogen) atoms. The van der Waals surface area contributed by atoms with Crippen molar-refractivity contribution in [2.24, 2.45) is 0 Å². The van der Waals surface area contributed by atoms with Crippen LogP contribution < -0.4 is 10.9 Å². The topological polar surface area (TPSA) is 121 Å². The maximum atomic E-state index is 11.5. The fourth-order valence-corrected chi connectivity index (χ4v) is 1.21. The molecule has 0 saturated heterocycles. The van der Waals surface area contributed by atoms with Crippen LogP contribution in [0.2, 0.25) is 5.15 Å². The molecular weight excluding hydrogens is 278 g/mol. The molecule has 0 aliphatic carbocycles. The minimum Gasteiger partial charge on any atom is -0.476 e. The number of anilines is 1. The number of nitrogens with one attached hydrogen (secondary N) is 2. The van der Waals surface area contributed by atoms with Gasteiger partial charge in [0.15, 0.2) is 10.8 Å². The number of halogens is 1. The lowest BCUT2D eigenvalue weighted by molar-refractivity contribution is 0.0635. The van der Waals surface area contributed by atoms with Crippen molar-refractivity contribution in [3.8, 4) is 0 Å². The van der Waals surface area contributed by atoms with Gasteiger partial charge < -0.3 is 14.8 Å². The van der Waals surface area contributed by atoms with Gasteiger partial charge in [-0.05, 0) is 20.8 Å². The smallest absolute Gasteiger partial charge is 0.413 e. The molecule has 0 radical (unpaired) electrons. The summed E-state index contributed by atoms with van der Waals surface area (Å²) in [4.78, 5) is 39.1. The number of rotatable bonds is 2. The molecule has 1 aromatic heterocycles. The zero-order chi connectivity index (χ0) is 14.8. The summed E-state index contributed by atoms with van der Waals surface area (Å²) in [6, 6.07) is 0. The largest absolute Gasteiger partial charge is 0.476 e. The lowest BCUT2D eigenvalue weighted by Crippen LogP contribution is -2.29. The van der Waals surface area contributed by atoms with Crippen LogP contribution in [-0.4, -0.2) is 32.7 Å². The van der Waals surface area contributed by atoms with Gasteiger partial charge in [0.05, 0.1) is 0 Å². The van der Waals surface area contributed by atoms with Gasteiger partial charge in [0.1, 0.15) is 11.4 Å². The highest BCUT2D eigenvalue weighted by Crippen LogP contribution is 2.13. The molecule has 8 nitrogen and oxygen atoms in total.